The average Bonchev–Trinajstić information content (AvgIpc) is 3.14. The number of para-hydroxylation sites is 3. The lowest BCUT2D eigenvalue weighted by Crippen LogP contribution is -2.33. The second kappa shape index (κ2) is 6.32. The van der Waals surface area contributed by atoms with Crippen LogP contribution in [-0.4, -0.2) is 33.4 Å². The standard InChI is InChI=1S/C18H15N5O3/c24-15(10-13-16(25)22-18(26)20-13)21-17-19-12-8-4-5-9-14(12)23(17)11-6-2-1-3-7-11/h1-9,13H,10H2,(H,19,21,24)(H2,20,22,25,26)/t13-/m1/s1. The van der Waals surface area contributed by atoms with Gasteiger partial charge in [0.05, 0.1) is 17.5 Å². The summed E-state index contributed by atoms with van der Waals surface area (Å²) in [7, 11) is 0. The fourth-order valence-corrected chi connectivity index (χ4v) is 2.91. The molecule has 1 aromatic heterocycles. The molecule has 0 spiro atoms. The van der Waals surface area contributed by atoms with Gasteiger partial charge in [-0.25, -0.2) is 9.78 Å². The number of aromatic nitrogens is 2. The van der Waals surface area contributed by atoms with E-state index in [0.29, 0.717) is 5.95 Å². The number of amides is 4. The Morgan fingerprint density at radius 3 is 2.54 bits per heavy atom. The first-order chi connectivity index (χ1) is 12.6. The van der Waals surface area contributed by atoms with Gasteiger partial charge in [0.15, 0.2) is 0 Å². The van der Waals surface area contributed by atoms with E-state index in [1.807, 2.05) is 59.2 Å². The van der Waals surface area contributed by atoms with Gasteiger partial charge in [0.2, 0.25) is 11.9 Å². The number of hydrogen-bond acceptors (Lipinski definition) is 4. The number of fused-ring (bicyclic) bond motifs is 1. The molecule has 1 aliphatic rings. The van der Waals surface area contributed by atoms with Crippen LogP contribution in [0, 0.1) is 0 Å². The number of nitrogens with zero attached hydrogens (tertiary/aromatic N) is 2. The third-order valence-electron chi connectivity index (χ3n) is 4.07. The lowest BCUT2D eigenvalue weighted by molar-refractivity contribution is -0.124. The number of nitrogens with one attached hydrogen (secondary N) is 3. The van der Waals surface area contributed by atoms with Gasteiger partial charge in [0.1, 0.15) is 6.04 Å². The van der Waals surface area contributed by atoms with Crippen molar-refractivity contribution >= 4 is 34.8 Å². The molecule has 2 heterocycles. The fraction of sp³-hybridized carbons (Fsp3) is 0.111. The van der Waals surface area contributed by atoms with Gasteiger partial charge in [-0.2, -0.15) is 0 Å². The Kier molecular flexibility index (Phi) is 3.85. The van der Waals surface area contributed by atoms with Crippen molar-refractivity contribution < 1.29 is 14.4 Å². The predicted molar refractivity (Wildman–Crippen MR) is 94.8 cm³/mol. The summed E-state index contributed by atoms with van der Waals surface area (Å²) < 4.78 is 1.83. The zero-order valence-corrected chi connectivity index (χ0v) is 13.6. The van der Waals surface area contributed by atoms with Crippen LogP contribution in [0.15, 0.2) is 54.6 Å². The Morgan fingerprint density at radius 2 is 1.81 bits per heavy atom. The number of hydrogen-bond donors (Lipinski definition) is 3. The number of carbonyl (C=O) groups excluding carboxylic acids is 3. The first kappa shape index (κ1) is 15.8. The summed E-state index contributed by atoms with van der Waals surface area (Å²) in [6, 6.07) is 15.6. The van der Waals surface area contributed by atoms with E-state index in [2.05, 4.69) is 20.9 Å². The SMILES string of the molecule is O=C(C[C@H]1NC(=O)NC1=O)Nc1nc2ccccc2n1-c1ccccc1. The number of anilines is 1. The molecule has 3 N–H and O–H groups in total. The summed E-state index contributed by atoms with van der Waals surface area (Å²) in [5.74, 6) is -0.575. The van der Waals surface area contributed by atoms with Crippen molar-refractivity contribution in [1.29, 1.82) is 0 Å². The molecule has 130 valence electrons. The second-order valence-electron chi connectivity index (χ2n) is 5.86. The van der Waals surface area contributed by atoms with E-state index in [1.54, 1.807) is 0 Å². The average molecular weight is 349 g/mol. The number of benzene rings is 2. The molecule has 4 amide bonds. The van der Waals surface area contributed by atoms with Crippen LogP contribution in [0.25, 0.3) is 16.7 Å². The molecular formula is C18H15N5O3. The second-order valence-corrected chi connectivity index (χ2v) is 5.86. The third-order valence-corrected chi connectivity index (χ3v) is 4.07. The summed E-state index contributed by atoms with van der Waals surface area (Å²) in [6.07, 6.45) is -0.171. The monoisotopic (exact) mass is 349 g/mol. The minimum absolute atomic E-state index is 0.171. The summed E-state index contributed by atoms with van der Waals surface area (Å²) in [4.78, 5) is 39.6. The zero-order chi connectivity index (χ0) is 18.1. The van der Waals surface area contributed by atoms with Gasteiger partial charge >= 0.3 is 6.03 Å². The van der Waals surface area contributed by atoms with Crippen molar-refractivity contribution in [2.45, 2.75) is 12.5 Å². The van der Waals surface area contributed by atoms with Crippen molar-refractivity contribution in [2.75, 3.05) is 5.32 Å². The van der Waals surface area contributed by atoms with E-state index in [0.717, 1.165) is 16.7 Å². The van der Waals surface area contributed by atoms with Crippen LogP contribution in [0.5, 0.6) is 0 Å². The molecule has 4 rings (SSSR count). The van der Waals surface area contributed by atoms with Crippen LogP contribution in [-0.2, 0) is 9.59 Å². The Balaban J connectivity index is 1.65. The van der Waals surface area contributed by atoms with Gasteiger partial charge in [0.25, 0.3) is 5.91 Å². The summed E-state index contributed by atoms with van der Waals surface area (Å²) in [6.45, 7) is 0. The molecule has 8 nitrogen and oxygen atoms in total. The highest BCUT2D eigenvalue weighted by Crippen LogP contribution is 2.24. The molecule has 26 heavy (non-hydrogen) atoms. The van der Waals surface area contributed by atoms with Crippen molar-refractivity contribution in [3.63, 3.8) is 0 Å². The van der Waals surface area contributed by atoms with Gasteiger partial charge in [-0.15, -0.1) is 0 Å². The summed E-state index contributed by atoms with van der Waals surface area (Å²) in [5, 5.41) is 7.25. The molecule has 1 atom stereocenters. The molecule has 1 fully saturated rings. The van der Waals surface area contributed by atoms with Crippen LogP contribution in [0.4, 0.5) is 10.7 Å². The zero-order valence-electron chi connectivity index (χ0n) is 13.6. The molecule has 0 aliphatic carbocycles. The van der Waals surface area contributed by atoms with Gasteiger partial charge in [-0.05, 0) is 24.3 Å². The number of rotatable bonds is 4. The topological polar surface area (TPSA) is 105 Å². The summed E-state index contributed by atoms with van der Waals surface area (Å²) >= 11 is 0. The number of carbonyl (C=O) groups is 3. The molecule has 2 aromatic carbocycles. The largest absolute Gasteiger partial charge is 0.325 e. The van der Waals surface area contributed by atoms with E-state index < -0.39 is 23.9 Å². The molecule has 1 saturated heterocycles. The maximum absolute atomic E-state index is 12.4. The normalized spacial score (nSPS) is 16.4. The van der Waals surface area contributed by atoms with Crippen molar-refractivity contribution in [1.82, 2.24) is 20.2 Å². The number of urea groups is 1. The Hall–Kier alpha value is -3.68. The quantitative estimate of drug-likeness (QED) is 0.622. The van der Waals surface area contributed by atoms with Crippen LogP contribution < -0.4 is 16.0 Å². The highest BCUT2D eigenvalue weighted by atomic mass is 16.2. The minimum atomic E-state index is -0.878. The van der Waals surface area contributed by atoms with E-state index >= 15 is 0 Å². The van der Waals surface area contributed by atoms with Crippen LogP contribution in [0.2, 0.25) is 0 Å². The Labute approximate surface area is 148 Å². The molecule has 0 bridgehead atoms. The van der Waals surface area contributed by atoms with Crippen LogP contribution in [0.1, 0.15) is 6.42 Å². The minimum Gasteiger partial charge on any atom is -0.325 e. The van der Waals surface area contributed by atoms with Crippen molar-refractivity contribution in [3.05, 3.63) is 54.6 Å². The molecule has 1 aliphatic heterocycles. The third kappa shape index (κ3) is 2.88. The van der Waals surface area contributed by atoms with Gasteiger partial charge in [0, 0.05) is 5.69 Å². The maximum Gasteiger partial charge on any atom is 0.322 e. The highest BCUT2D eigenvalue weighted by Gasteiger charge is 2.31. The summed E-state index contributed by atoms with van der Waals surface area (Å²) in [5.41, 5.74) is 2.43. The molecular weight excluding hydrogens is 334 g/mol. The van der Waals surface area contributed by atoms with E-state index in [4.69, 9.17) is 0 Å². The smallest absolute Gasteiger partial charge is 0.322 e. The van der Waals surface area contributed by atoms with Gasteiger partial charge < -0.3 is 5.32 Å². The first-order valence-electron chi connectivity index (χ1n) is 8.06. The van der Waals surface area contributed by atoms with Gasteiger partial charge in [-0.1, -0.05) is 30.3 Å². The Bertz CT molecular complexity index is 1010. The van der Waals surface area contributed by atoms with Crippen LogP contribution >= 0.6 is 0 Å². The number of imidazole rings is 1. The first-order valence-corrected chi connectivity index (χ1v) is 8.06. The molecule has 0 unspecified atom stereocenters. The van der Waals surface area contributed by atoms with E-state index in [-0.39, 0.29) is 6.42 Å². The van der Waals surface area contributed by atoms with E-state index in [1.165, 1.54) is 0 Å². The predicted octanol–water partition coefficient (Wildman–Crippen LogP) is 1.56. The highest BCUT2D eigenvalue weighted by molar-refractivity contribution is 6.06. The van der Waals surface area contributed by atoms with Gasteiger partial charge in [-0.3, -0.25) is 24.8 Å². The lowest BCUT2D eigenvalue weighted by atomic mass is 10.2. The molecule has 3 aromatic rings. The lowest BCUT2D eigenvalue weighted by Gasteiger charge is -2.11. The fourth-order valence-electron chi connectivity index (χ4n) is 2.91. The van der Waals surface area contributed by atoms with Crippen molar-refractivity contribution in [2.24, 2.45) is 0 Å². The van der Waals surface area contributed by atoms with Crippen molar-refractivity contribution in [3.8, 4) is 5.69 Å². The molecule has 8 heteroatoms. The van der Waals surface area contributed by atoms with Crippen LogP contribution in [0.3, 0.4) is 0 Å². The number of imide groups is 1. The van der Waals surface area contributed by atoms with E-state index in [9.17, 15) is 14.4 Å². The molecule has 0 saturated carbocycles. The maximum atomic E-state index is 12.4. The molecule has 0 radical (unpaired) electrons. The Morgan fingerprint density at radius 1 is 1.08 bits per heavy atom.